The number of benzene rings is 1. The van der Waals surface area contributed by atoms with Crippen LogP contribution in [0.4, 0.5) is 0 Å². The predicted molar refractivity (Wildman–Crippen MR) is 81.4 cm³/mol. The van der Waals surface area contributed by atoms with E-state index in [1.807, 2.05) is 11.8 Å². The summed E-state index contributed by atoms with van der Waals surface area (Å²) < 4.78 is 0. The van der Waals surface area contributed by atoms with Crippen molar-refractivity contribution in [1.82, 2.24) is 20.5 Å². The molecular formula is C14H20N4S. The summed E-state index contributed by atoms with van der Waals surface area (Å²) in [6.07, 6.45) is 2.44. The summed E-state index contributed by atoms with van der Waals surface area (Å²) in [6.45, 7) is 3.20. The van der Waals surface area contributed by atoms with Gasteiger partial charge in [0.05, 0.1) is 0 Å². The minimum atomic E-state index is 0.337. The molecule has 1 aromatic heterocycles. The van der Waals surface area contributed by atoms with Gasteiger partial charge in [-0.3, -0.25) is 15.5 Å². The Kier molecular flexibility index (Phi) is 4.08. The molecule has 5 heteroatoms. The number of thioether (sulfide) groups is 1. The van der Waals surface area contributed by atoms with E-state index in [1.54, 1.807) is 0 Å². The highest BCUT2D eigenvalue weighted by Gasteiger charge is 2.18. The monoisotopic (exact) mass is 276 g/mol. The Balaban J connectivity index is 1.50. The molecule has 1 atom stereocenters. The van der Waals surface area contributed by atoms with E-state index in [4.69, 9.17) is 0 Å². The average molecular weight is 276 g/mol. The third-order valence-corrected chi connectivity index (χ3v) is 4.55. The lowest BCUT2D eigenvalue weighted by atomic mass is 10.2. The molecule has 0 aliphatic carbocycles. The number of aromatic nitrogens is 1. The number of hydrogen-bond acceptors (Lipinski definition) is 4. The first-order valence-corrected chi connectivity index (χ1v) is 7.69. The molecule has 1 unspecified atom stereocenters. The number of fused-ring (bicyclic) bond motifs is 1. The van der Waals surface area contributed by atoms with Gasteiger partial charge in [-0.2, -0.15) is 0 Å². The molecule has 0 bridgehead atoms. The maximum absolute atomic E-state index is 3.53. The molecule has 0 amide bonds. The first-order chi connectivity index (χ1) is 9.34. The fourth-order valence-corrected chi connectivity index (χ4v) is 3.33. The summed E-state index contributed by atoms with van der Waals surface area (Å²) in [6, 6.07) is 8.45. The van der Waals surface area contributed by atoms with Gasteiger partial charge in [0.1, 0.15) is 6.29 Å². The van der Waals surface area contributed by atoms with Crippen molar-refractivity contribution in [3.63, 3.8) is 0 Å². The summed E-state index contributed by atoms with van der Waals surface area (Å²) >= 11 is 1.90. The molecule has 19 heavy (non-hydrogen) atoms. The van der Waals surface area contributed by atoms with Crippen LogP contribution in [-0.2, 0) is 0 Å². The summed E-state index contributed by atoms with van der Waals surface area (Å²) in [7, 11) is 2.14. The number of hydrogen-bond donors (Lipinski definition) is 3. The molecule has 1 aromatic carbocycles. The first kappa shape index (κ1) is 13.0. The fourth-order valence-electron chi connectivity index (χ4n) is 2.41. The van der Waals surface area contributed by atoms with Crippen LogP contribution in [0.15, 0.2) is 35.4 Å². The van der Waals surface area contributed by atoms with Gasteiger partial charge in [0.15, 0.2) is 0 Å². The quantitative estimate of drug-likeness (QED) is 0.574. The number of para-hydroxylation sites is 1. The van der Waals surface area contributed by atoms with E-state index in [-0.39, 0.29) is 0 Å². The van der Waals surface area contributed by atoms with Crippen molar-refractivity contribution in [3.05, 3.63) is 30.5 Å². The zero-order chi connectivity index (χ0) is 13.1. The van der Waals surface area contributed by atoms with Gasteiger partial charge in [0.25, 0.3) is 0 Å². The van der Waals surface area contributed by atoms with E-state index in [2.05, 4.69) is 58.0 Å². The molecule has 1 aliphatic rings. The molecule has 2 heterocycles. The molecule has 2 aromatic rings. The average Bonchev–Trinajstić information content (AvgIpc) is 3.02. The van der Waals surface area contributed by atoms with Gasteiger partial charge in [-0.15, -0.1) is 11.8 Å². The topological polar surface area (TPSA) is 43.1 Å². The molecule has 1 aliphatic heterocycles. The number of H-pyrrole nitrogens is 1. The number of aromatic amines is 1. The minimum Gasteiger partial charge on any atom is -0.360 e. The highest BCUT2D eigenvalue weighted by atomic mass is 32.2. The Morgan fingerprint density at radius 3 is 3.16 bits per heavy atom. The summed E-state index contributed by atoms with van der Waals surface area (Å²) in [5.74, 6) is 1.08. The second kappa shape index (κ2) is 5.96. The van der Waals surface area contributed by atoms with Crippen molar-refractivity contribution in [2.75, 3.05) is 32.4 Å². The molecule has 3 rings (SSSR count). The van der Waals surface area contributed by atoms with Crippen LogP contribution >= 0.6 is 11.8 Å². The fraction of sp³-hybridized carbons (Fsp3) is 0.429. The zero-order valence-electron chi connectivity index (χ0n) is 11.1. The van der Waals surface area contributed by atoms with Crippen LogP contribution in [0.2, 0.25) is 0 Å². The van der Waals surface area contributed by atoms with E-state index >= 15 is 0 Å². The minimum absolute atomic E-state index is 0.337. The van der Waals surface area contributed by atoms with Gasteiger partial charge in [-0.05, 0) is 13.1 Å². The molecule has 0 saturated carbocycles. The maximum atomic E-state index is 3.53. The Morgan fingerprint density at radius 2 is 2.32 bits per heavy atom. The second-order valence-corrected chi connectivity index (χ2v) is 5.98. The van der Waals surface area contributed by atoms with Crippen LogP contribution in [0, 0.1) is 0 Å². The van der Waals surface area contributed by atoms with Crippen LogP contribution in [0.5, 0.6) is 0 Å². The van der Waals surface area contributed by atoms with Crippen molar-refractivity contribution in [2.24, 2.45) is 0 Å². The highest BCUT2D eigenvalue weighted by Crippen LogP contribution is 2.27. The number of nitrogens with one attached hydrogen (secondary N) is 3. The number of rotatable bonds is 5. The van der Waals surface area contributed by atoms with Gasteiger partial charge < -0.3 is 4.98 Å². The largest absolute Gasteiger partial charge is 0.360 e. The van der Waals surface area contributed by atoms with Crippen LogP contribution in [0.3, 0.4) is 0 Å². The van der Waals surface area contributed by atoms with Crippen molar-refractivity contribution in [2.45, 2.75) is 11.2 Å². The Hall–Kier alpha value is -1.01. The SMILES string of the molecule is CN1CCNC1NCCSc1c[nH]c2ccccc12. The van der Waals surface area contributed by atoms with E-state index in [1.165, 1.54) is 15.8 Å². The Labute approximate surface area is 117 Å². The lowest BCUT2D eigenvalue weighted by Gasteiger charge is -2.20. The normalized spacial score (nSPS) is 20.4. The van der Waals surface area contributed by atoms with Gasteiger partial charge in [-0.25, -0.2) is 0 Å². The van der Waals surface area contributed by atoms with Crippen molar-refractivity contribution >= 4 is 22.7 Å². The highest BCUT2D eigenvalue weighted by molar-refractivity contribution is 7.99. The van der Waals surface area contributed by atoms with Gasteiger partial charge >= 0.3 is 0 Å². The van der Waals surface area contributed by atoms with Crippen LogP contribution < -0.4 is 10.6 Å². The van der Waals surface area contributed by atoms with Crippen LogP contribution in [0.25, 0.3) is 10.9 Å². The standard InChI is InChI=1S/C14H20N4S/c1-18-8-6-15-14(18)16-7-9-19-13-10-17-12-5-3-2-4-11(12)13/h2-5,10,14-17H,6-9H2,1H3. The third kappa shape index (κ3) is 2.95. The first-order valence-electron chi connectivity index (χ1n) is 6.70. The molecule has 1 saturated heterocycles. The van der Waals surface area contributed by atoms with E-state index in [0.717, 1.165) is 25.4 Å². The molecule has 0 radical (unpaired) electrons. The molecule has 102 valence electrons. The maximum Gasteiger partial charge on any atom is 0.114 e. The molecule has 1 fully saturated rings. The number of likely N-dealkylation sites (N-methyl/N-ethyl adjacent to an activating group) is 1. The van der Waals surface area contributed by atoms with E-state index in [9.17, 15) is 0 Å². The van der Waals surface area contributed by atoms with Gasteiger partial charge in [0.2, 0.25) is 0 Å². The number of nitrogens with zero attached hydrogens (tertiary/aromatic N) is 1. The van der Waals surface area contributed by atoms with Crippen LogP contribution in [0.1, 0.15) is 0 Å². The summed E-state index contributed by atoms with van der Waals surface area (Å²) in [5.41, 5.74) is 1.22. The Bertz CT molecular complexity index is 539. The molecular weight excluding hydrogens is 256 g/mol. The molecule has 0 spiro atoms. The van der Waals surface area contributed by atoms with Gasteiger partial charge in [-0.1, -0.05) is 18.2 Å². The molecule has 3 N–H and O–H groups in total. The van der Waals surface area contributed by atoms with Gasteiger partial charge in [0, 0.05) is 47.4 Å². The lowest BCUT2D eigenvalue weighted by molar-refractivity contribution is 0.251. The van der Waals surface area contributed by atoms with Crippen molar-refractivity contribution in [3.8, 4) is 0 Å². The zero-order valence-corrected chi connectivity index (χ0v) is 12.0. The van der Waals surface area contributed by atoms with Crippen molar-refractivity contribution < 1.29 is 0 Å². The smallest absolute Gasteiger partial charge is 0.114 e. The van der Waals surface area contributed by atoms with Crippen molar-refractivity contribution in [1.29, 1.82) is 0 Å². The summed E-state index contributed by atoms with van der Waals surface area (Å²) in [4.78, 5) is 6.96. The lowest BCUT2D eigenvalue weighted by Crippen LogP contribution is -2.46. The molecule has 4 nitrogen and oxygen atoms in total. The predicted octanol–water partition coefficient (Wildman–Crippen LogP) is 1.67. The Morgan fingerprint density at radius 1 is 1.42 bits per heavy atom. The van der Waals surface area contributed by atoms with E-state index in [0.29, 0.717) is 6.29 Å². The third-order valence-electron chi connectivity index (χ3n) is 3.49. The van der Waals surface area contributed by atoms with E-state index < -0.39 is 0 Å². The second-order valence-electron chi connectivity index (χ2n) is 4.84. The van der Waals surface area contributed by atoms with Crippen LogP contribution in [-0.4, -0.2) is 48.6 Å². The summed E-state index contributed by atoms with van der Waals surface area (Å²) in [5, 5.41) is 8.28.